The first-order valence-corrected chi connectivity index (χ1v) is 8.21. The number of nitrogens with zero attached hydrogens (tertiary/aromatic N) is 1. The molecule has 0 fully saturated rings. The lowest BCUT2D eigenvalue weighted by Gasteiger charge is -2.35. The zero-order chi connectivity index (χ0) is 17.9. The largest absolute Gasteiger partial charge is 0.488 e. The molecule has 0 N–H and O–H groups in total. The molecule has 24 heavy (non-hydrogen) atoms. The monoisotopic (exact) mass is 373 g/mol. The Hall–Kier alpha value is -1.79. The fourth-order valence-electron chi connectivity index (χ4n) is 2.83. The number of ether oxygens (including phenoxy) is 2. The number of fused-ring (bicyclic) bond motifs is 1. The number of carbonyl (C=O) groups excluding carboxylic acids is 1. The molecular formula is C16H17Cl2NO5. The van der Waals surface area contributed by atoms with Crippen LogP contribution in [0.1, 0.15) is 25.3 Å². The van der Waals surface area contributed by atoms with Gasteiger partial charge in [0.05, 0.1) is 17.5 Å². The Kier molecular flexibility index (Phi) is 6.07. The minimum atomic E-state index is -0.513. The normalized spacial score (nSPS) is 22.8. The van der Waals surface area contributed by atoms with Crippen molar-refractivity contribution in [3.8, 4) is 5.75 Å². The Labute approximate surface area is 149 Å². The molecule has 0 saturated heterocycles. The number of halogens is 2. The average molecular weight is 374 g/mol. The van der Waals surface area contributed by atoms with Gasteiger partial charge in [0.15, 0.2) is 0 Å². The molecule has 0 amide bonds. The SMILES string of the molecule is CCOC(=O)/C=C/[C@H]1[C@H](C)Oc2c(Cl)cc(Cl)cc2[C@@H]1C[N+](=O)[O-]. The van der Waals surface area contributed by atoms with E-state index >= 15 is 0 Å². The number of carbonyl (C=O) groups is 1. The summed E-state index contributed by atoms with van der Waals surface area (Å²) in [6.07, 6.45) is 2.47. The zero-order valence-electron chi connectivity index (χ0n) is 13.2. The Morgan fingerprint density at radius 1 is 1.46 bits per heavy atom. The Balaban J connectivity index is 2.42. The van der Waals surface area contributed by atoms with Gasteiger partial charge in [-0.15, -0.1) is 0 Å². The van der Waals surface area contributed by atoms with Gasteiger partial charge in [0.2, 0.25) is 6.54 Å². The van der Waals surface area contributed by atoms with E-state index in [1.807, 2.05) is 0 Å². The van der Waals surface area contributed by atoms with E-state index in [0.717, 1.165) is 0 Å². The van der Waals surface area contributed by atoms with Crippen LogP contribution in [0, 0.1) is 16.0 Å². The Bertz CT molecular complexity index is 677. The summed E-state index contributed by atoms with van der Waals surface area (Å²) in [6, 6.07) is 3.15. The number of benzene rings is 1. The number of nitro groups is 1. The maximum absolute atomic E-state index is 11.5. The second-order valence-corrected chi connectivity index (χ2v) is 6.28. The van der Waals surface area contributed by atoms with Crippen LogP contribution in [0.15, 0.2) is 24.3 Å². The van der Waals surface area contributed by atoms with E-state index in [4.69, 9.17) is 32.7 Å². The van der Waals surface area contributed by atoms with Gasteiger partial charge in [-0.1, -0.05) is 29.3 Å². The van der Waals surface area contributed by atoms with E-state index in [0.29, 0.717) is 21.4 Å². The van der Waals surface area contributed by atoms with Crippen molar-refractivity contribution in [2.24, 2.45) is 5.92 Å². The highest BCUT2D eigenvalue weighted by Crippen LogP contribution is 2.45. The van der Waals surface area contributed by atoms with E-state index in [2.05, 4.69) is 0 Å². The average Bonchev–Trinajstić information content (AvgIpc) is 2.47. The van der Waals surface area contributed by atoms with E-state index in [9.17, 15) is 14.9 Å². The van der Waals surface area contributed by atoms with Crippen molar-refractivity contribution in [1.29, 1.82) is 0 Å². The standard InChI is InChI=1S/C16H17Cl2NO5/c1-3-23-15(20)5-4-11-9(2)24-16-12(13(11)8-19(21)22)6-10(17)7-14(16)18/h4-7,9,11,13H,3,8H2,1-2H3/b5-4+/t9-,11-,13+/m0/s1. The lowest BCUT2D eigenvalue weighted by molar-refractivity contribution is -0.485. The number of hydrogen-bond acceptors (Lipinski definition) is 5. The molecule has 0 saturated carbocycles. The first-order chi connectivity index (χ1) is 11.3. The van der Waals surface area contributed by atoms with Gasteiger partial charge in [-0.2, -0.15) is 0 Å². The summed E-state index contributed by atoms with van der Waals surface area (Å²) < 4.78 is 10.7. The topological polar surface area (TPSA) is 78.7 Å². The molecule has 0 unspecified atom stereocenters. The Morgan fingerprint density at radius 2 is 2.17 bits per heavy atom. The molecule has 0 spiro atoms. The van der Waals surface area contributed by atoms with Crippen LogP contribution in [0.3, 0.4) is 0 Å². The minimum absolute atomic E-state index is 0.256. The van der Waals surface area contributed by atoms with Crippen molar-refractivity contribution in [2.45, 2.75) is 25.9 Å². The van der Waals surface area contributed by atoms with Crippen LogP contribution in [0.5, 0.6) is 5.75 Å². The lowest BCUT2D eigenvalue weighted by atomic mass is 9.80. The molecule has 0 aromatic heterocycles. The fraction of sp³-hybridized carbons (Fsp3) is 0.438. The van der Waals surface area contributed by atoms with Crippen LogP contribution in [-0.4, -0.2) is 30.1 Å². The summed E-state index contributed by atoms with van der Waals surface area (Å²) in [5.41, 5.74) is 0.570. The maximum atomic E-state index is 11.5. The summed E-state index contributed by atoms with van der Waals surface area (Å²) in [4.78, 5) is 22.3. The van der Waals surface area contributed by atoms with Gasteiger partial charge in [0.1, 0.15) is 11.9 Å². The van der Waals surface area contributed by atoms with Crippen molar-refractivity contribution >= 4 is 29.2 Å². The summed E-state index contributed by atoms with van der Waals surface area (Å²) in [5.74, 6) is -0.997. The van der Waals surface area contributed by atoms with Gasteiger partial charge in [0.25, 0.3) is 0 Å². The van der Waals surface area contributed by atoms with Crippen LogP contribution in [0.2, 0.25) is 10.0 Å². The highest BCUT2D eigenvalue weighted by molar-refractivity contribution is 6.35. The highest BCUT2D eigenvalue weighted by Gasteiger charge is 2.39. The fourth-order valence-corrected chi connectivity index (χ4v) is 3.38. The third-order valence-electron chi connectivity index (χ3n) is 3.83. The van der Waals surface area contributed by atoms with Crippen LogP contribution in [0.4, 0.5) is 0 Å². The first-order valence-electron chi connectivity index (χ1n) is 7.45. The van der Waals surface area contributed by atoms with Gasteiger partial charge in [-0.05, 0) is 26.0 Å². The molecule has 0 bridgehead atoms. The van der Waals surface area contributed by atoms with Crippen molar-refractivity contribution in [2.75, 3.05) is 13.2 Å². The molecule has 1 aromatic rings. The molecule has 2 rings (SSSR count). The van der Waals surface area contributed by atoms with Crippen LogP contribution in [-0.2, 0) is 9.53 Å². The lowest BCUT2D eigenvalue weighted by Crippen LogP contribution is -2.36. The van der Waals surface area contributed by atoms with E-state index in [1.54, 1.807) is 26.0 Å². The van der Waals surface area contributed by atoms with E-state index in [-0.39, 0.29) is 19.1 Å². The molecule has 1 aromatic carbocycles. The number of esters is 1. The molecular weight excluding hydrogens is 357 g/mol. The zero-order valence-corrected chi connectivity index (χ0v) is 14.7. The van der Waals surface area contributed by atoms with Crippen LogP contribution >= 0.6 is 23.2 Å². The minimum Gasteiger partial charge on any atom is -0.488 e. The molecule has 0 radical (unpaired) electrons. The second kappa shape index (κ2) is 7.85. The van der Waals surface area contributed by atoms with Crippen molar-refractivity contribution in [1.82, 2.24) is 0 Å². The third-order valence-corrected chi connectivity index (χ3v) is 4.33. The molecule has 8 heteroatoms. The van der Waals surface area contributed by atoms with Crippen molar-refractivity contribution in [3.63, 3.8) is 0 Å². The molecule has 3 atom stereocenters. The highest BCUT2D eigenvalue weighted by atomic mass is 35.5. The van der Waals surface area contributed by atoms with Crippen molar-refractivity contribution in [3.05, 3.63) is 50.0 Å². The summed E-state index contributed by atoms with van der Waals surface area (Å²) >= 11 is 12.2. The number of rotatable bonds is 5. The van der Waals surface area contributed by atoms with Gasteiger partial charge < -0.3 is 9.47 Å². The van der Waals surface area contributed by atoms with Crippen molar-refractivity contribution < 1.29 is 19.2 Å². The predicted octanol–water partition coefficient (Wildman–Crippen LogP) is 3.87. The van der Waals surface area contributed by atoms with Gasteiger partial charge in [-0.25, -0.2) is 4.79 Å². The van der Waals surface area contributed by atoms with E-state index in [1.165, 1.54) is 12.1 Å². The molecule has 1 heterocycles. The molecule has 1 aliphatic rings. The van der Waals surface area contributed by atoms with Gasteiger partial charge in [-0.3, -0.25) is 10.1 Å². The predicted molar refractivity (Wildman–Crippen MR) is 90.4 cm³/mol. The second-order valence-electron chi connectivity index (χ2n) is 5.44. The van der Waals surface area contributed by atoms with E-state index < -0.39 is 22.9 Å². The first kappa shape index (κ1) is 18.5. The molecule has 6 nitrogen and oxygen atoms in total. The maximum Gasteiger partial charge on any atom is 0.330 e. The quantitative estimate of drug-likeness (QED) is 0.338. The molecule has 1 aliphatic heterocycles. The smallest absolute Gasteiger partial charge is 0.330 e. The molecule has 130 valence electrons. The summed E-state index contributed by atoms with van der Waals surface area (Å²) in [7, 11) is 0. The number of hydrogen-bond donors (Lipinski definition) is 0. The van der Waals surface area contributed by atoms with Gasteiger partial charge >= 0.3 is 5.97 Å². The molecule has 0 aliphatic carbocycles. The summed E-state index contributed by atoms with van der Waals surface area (Å²) in [6.45, 7) is 3.41. The van der Waals surface area contributed by atoms with Crippen LogP contribution < -0.4 is 4.74 Å². The van der Waals surface area contributed by atoms with Gasteiger partial charge in [0, 0.05) is 27.5 Å². The Morgan fingerprint density at radius 3 is 2.79 bits per heavy atom. The van der Waals surface area contributed by atoms with Crippen LogP contribution in [0.25, 0.3) is 0 Å². The third kappa shape index (κ3) is 4.19. The summed E-state index contributed by atoms with van der Waals surface area (Å²) in [5, 5.41) is 11.8.